The standard InChI is InChI=1S/C28H29F2N3O/c1-31(2)25-15-17-32(19-25)23-8-10-24(11-9-23)33-16-3-4-22-18-21(7-14-27(22)33)20-5-12-26(13-6-20)34-28(29)30/h3,5-14,16,18,25,28H,4,15,17,19H2,1-2H3. The highest BCUT2D eigenvalue weighted by Crippen LogP contribution is 2.36. The number of ether oxygens (including phenoxy) is 1. The Morgan fingerprint density at radius 3 is 2.29 bits per heavy atom. The lowest BCUT2D eigenvalue weighted by Gasteiger charge is -2.28. The molecule has 0 N–H and O–H groups in total. The van der Waals surface area contributed by atoms with Gasteiger partial charge in [-0.1, -0.05) is 24.3 Å². The Kier molecular flexibility index (Phi) is 6.24. The van der Waals surface area contributed by atoms with Crippen molar-refractivity contribution in [2.75, 3.05) is 37.0 Å². The van der Waals surface area contributed by atoms with E-state index < -0.39 is 6.61 Å². The van der Waals surface area contributed by atoms with E-state index in [4.69, 9.17) is 0 Å². The molecule has 0 amide bonds. The highest BCUT2D eigenvalue weighted by molar-refractivity contribution is 5.76. The fourth-order valence-electron chi connectivity index (χ4n) is 4.80. The lowest BCUT2D eigenvalue weighted by molar-refractivity contribution is -0.0498. The summed E-state index contributed by atoms with van der Waals surface area (Å²) in [4.78, 5) is 6.99. The van der Waals surface area contributed by atoms with Crippen molar-refractivity contribution in [3.8, 4) is 16.9 Å². The molecule has 1 saturated heterocycles. The van der Waals surface area contributed by atoms with Crippen molar-refractivity contribution >= 4 is 17.1 Å². The van der Waals surface area contributed by atoms with Gasteiger partial charge in [-0.2, -0.15) is 8.78 Å². The summed E-state index contributed by atoms with van der Waals surface area (Å²) in [6.45, 7) is -0.657. The van der Waals surface area contributed by atoms with Gasteiger partial charge in [-0.3, -0.25) is 0 Å². The van der Waals surface area contributed by atoms with E-state index in [1.807, 2.05) is 12.1 Å². The number of hydrogen-bond donors (Lipinski definition) is 0. The van der Waals surface area contributed by atoms with Crippen LogP contribution in [0.4, 0.5) is 25.8 Å². The number of hydrogen-bond acceptors (Lipinski definition) is 4. The van der Waals surface area contributed by atoms with Gasteiger partial charge in [0.05, 0.1) is 0 Å². The fraction of sp³-hybridized carbons (Fsp3) is 0.286. The summed E-state index contributed by atoms with van der Waals surface area (Å²) in [5.74, 6) is 0.167. The first-order chi connectivity index (χ1) is 16.5. The Balaban J connectivity index is 1.34. The number of nitrogens with zero attached hydrogens (tertiary/aromatic N) is 3. The Hall–Kier alpha value is -3.38. The minimum absolute atomic E-state index is 0.167. The van der Waals surface area contributed by atoms with Crippen molar-refractivity contribution in [2.45, 2.75) is 25.5 Å². The van der Waals surface area contributed by atoms with Crippen LogP contribution < -0.4 is 14.5 Å². The molecule has 1 atom stereocenters. The van der Waals surface area contributed by atoms with E-state index in [-0.39, 0.29) is 5.75 Å². The molecular formula is C28H29F2N3O. The molecule has 0 spiro atoms. The Morgan fingerprint density at radius 1 is 0.912 bits per heavy atom. The van der Waals surface area contributed by atoms with Crippen LogP contribution in [-0.2, 0) is 6.42 Å². The summed E-state index contributed by atoms with van der Waals surface area (Å²) >= 11 is 0. The van der Waals surface area contributed by atoms with E-state index in [9.17, 15) is 8.78 Å². The topological polar surface area (TPSA) is 19.0 Å². The minimum atomic E-state index is -2.81. The molecule has 1 unspecified atom stereocenters. The van der Waals surface area contributed by atoms with Crippen LogP contribution in [0.15, 0.2) is 79.0 Å². The van der Waals surface area contributed by atoms with Crippen LogP contribution in [0.2, 0.25) is 0 Å². The van der Waals surface area contributed by atoms with Crippen LogP contribution in [0, 0.1) is 0 Å². The number of rotatable bonds is 6. The van der Waals surface area contributed by atoms with Gasteiger partial charge in [0.1, 0.15) is 5.75 Å². The average molecular weight is 462 g/mol. The molecule has 0 saturated carbocycles. The second-order valence-corrected chi connectivity index (χ2v) is 9.07. The monoisotopic (exact) mass is 461 g/mol. The molecule has 2 heterocycles. The van der Waals surface area contributed by atoms with E-state index >= 15 is 0 Å². The molecule has 0 aromatic heterocycles. The highest BCUT2D eigenvalue weighted by Gasteiger charge is 2.24. The lowest BCUT2D eigenvalue weighted by atomic mass is 9.98. The molecule has 6 heteroatoms. The van der Waals surface area contributed by atoms with Gasteiger partial charge in [0, 0.05) is 42.4 Å². The zero-order valence-electron chi connectivity index (χ0n) is 19.5. The molecule has 0 aliphatic carbocycles. The van der Waals surface area contributed by atoms with E-state index in [0.29, 0.717) is 6.04 Å². The second kappa shape index (κ2) is 9.47. The van der Waals surface area contributed by atoms with Gasteiger partial charge in [-0.25, -0.2) is 0 Å². The maximum Gasteiger partial charge on any atom is 0.387 e. The third-order valence-electron chi connectivity index (χ3n) is 6.73. The maximum absolute atomic E-state index is 12.4. The van der Waals surface area contributed by atoms with E-state index in [1.54, 1.807) is 12.1 Å². The molecule has 1 fully saturated rings. The third kappa shape index (κ3) is 4.64. The van der Waals surface area contributed by atoms with Gasteiger partial charge in [-0.15, -0.1) is 0 Å². The Morgan fingerprint density at radius 2 is 1.62 bits per heavy atom. The molecular weight excluding hydrogens is 432 g/mol. The predicted molar refractivity (Wildman–Crippen MR) is 134 cm³/mol. The van der Waals surface area contributed by atoms with Crippen LogP contribution in [0.1, 0.15) is 12.0 Å². The molecule has 3 aromatic carbocycles. The first-order valence-corrected chi connectivity index (χ1v) is 11.6. The SMILES string of the molecule is CN(C)C1CCN(c2ccc(N3C=CCc4cc(-c5ccc(OC(F)F)cc5)ccc43)cc2)C1. The van der Waals surface area contributed by atoms with E-state index in [0.717, 1.165) is 42.0 Å². The Bertz CT molecular complexity index is 1160. The summed E-state index contributed by atoms with van der Waals surface area (Å²) in [5, 5.41) is 0. The maximum atomic E-state index is 12.4. The number of likely N-dealkylation sites (N-methyl/N-ethyl adjacent to an activating group) is 1. The normalized spacial score (nSPS) is 17.5. The first kappa shape index (κ1) is 22.4. The highest BCUT2D eigenvalue weighted by atomic mass is 19.3. The van der Waals surface area contributed by atoms with Gasteiger partial charge < -0.3 is 19.4 Å². The molecule has 176 valence electrons. The number of fused-ring (bicyclic) bond motifs is 1. The molecule has 2 aliphatic rings. The zero-order chi connectivity index (χ0) is 23.7. The van der Waals surface area contributed by atoms with Crippen LogP contribution in [0.3, 0.4) is 0 Å². The Labute approximate surface area is 199 Å². The van der Waals surface area contributed by atoms with Crippen LogP contribution in [0.25, 0.3) is 11.1 Å². The molecule has 0 radical (unpaired) electrons. The van der Waals surface area contributed by atoms with Gasteiger partial charge in [0.15, 0.2) is 0 Å². The smallest absolute Gasteiger partial charge is 0.387 e. The summed E-state index contributed by atoms with van der Waals surface area (Å²) in [6, 6.07) is 22.6. The minimum Gasteiger partial charge on any atom is -0.435 e. The number of allylic oxidation sites excluding steroid dienone is 1. The molecule has 3 aromatic rings. The van der Waals surface area contributed by atoms with Crippen LogP contribution >= 0.6 is 0 Å². The summed E-state index contributed by atoms with van der Waals surface area (Å²) in [7, 11) is 4.30. The molecule has 34 heavy (non-hydrogen) atoms. The van der Waals surface area contributed by atoms with Crippen molar-refractivity contribution in [2.24, 2.45) is 0 Å². The lowest BCUT2D eigenvalue weighted by Crippen LogP contribution is -2.31. The summed E-state index contributed by atoms with van der Waals surface area (Å²) in [6.07, 6.45) is 6.35. The van der Waals surface area contributed by atoms with Crippen molar-refractivity contribution in [1.82, 2.24) is 4.90 Å². The summed E-state index contributed by atoms with van der Waals surface area (Å²) in [5.41, 5.74) is 6.80. The van der Waals surface area contributed by atoms with Gasteiger partial charge >= 0.3 is 6.61 Å². The number of benzene rings is 3. The van der Waals surface area contributed by atoms with Gasteiger partial charge in [-0.05, 0) is 92.2 Å². The quantitative estimate of drug-likeness (QED) is 0.429. The number of alkyl halides is 2. The summed E-state index contributed by atoms with van der Waals surface area (Å²) < 4.78 is 29.3. The third-order valence-corrected chi connectivity index (χ3v) is 6.73. The largest absolute Gasteiger partial charge is 0.435 e. The van der Waals surface area contributed by atoms with Crippen molar-refractivity contribution in [3.05, 3.63) is 84.6 Å². The van der Waals surface area contributed by atoms with Crippen molar-refractivity contribution in [3.63, 3.8) is 0 Å². The van der Waals surface area contributed by atoms with Crippen molar-refractivity contribution < 1.29 is 13.5 Å². The van der Waals surface area contributed by atoms with Crippen molar-refractivity contribution in [1.29, 1.82) is 0 Å². The van der Waals surface area contributed by atoms with E-state index in [2.05, 4.69) is 88.3 Å². The van der Waals surface area contributed by atoms with Gasteiger partial charge in [0.2, 0.25) is 0 Å². The fourth-order valence-corrected chi connectivity index (χ4v) is 4.80. The number of anilines is 3. The first-order valence-electron chi connectivity index (χ1n) is 11.6. The molecule has 4 nitrogen and oxygen atoms in total. The predicted octanol–water partition coefficient (Wildman–Crippen LogP) is 6.30. The second-order valence-electron chi connectivity index (χ2n) is 9.07. The van der Waals surface area contributed by atoms with Crippen LogP contribution in [-0.4, -0.2) is 44.7 Å². The molecule has 2 aliphatic heterocycles. The average Bonchev–Trinajstić information content (AvgIpc) is 3.34. The molecule has 5 rings (SSSR count). The molecule has 0 bridgehead atoms. The number of halogens is 2. The zero-order valence-corrected chi connectivity index (χ0v) is 19.5. The van der Waals surface area contributed by atoms with Gasteiger partial charge in [0.25, 0.3) is 0 Å². The van der Waals surface area contributed by atoms with E-state index in [1.165, 1.54) is 17.7 Å². The van der Waals surface area contributed by atoms with Crippen LogP contribution in [0.5, 0.6) is 5.75 Å².